The third-order valence-corrected chi connectivity index (χ3v) is 15.9. The number of ketones is 2. The van der Waals surface area contributed by atoms with E-state index in [0.29, 0.717) is 11.1 Å². The maximum absolute atomic E-state index is 16.2. The van der Waals surface area contributed by atoms with E-state index >= 15 is 9.59 Å². The summed E-state index contributed by atoms with van der Waals surface area (Å²) in [6.07, 6.45) is -13.2. The van der Waals surface area contributed by atoms with E-state index in [9.17, 15) is 34.2 Å². The average Bonchev–Trinajstić information content (AvgIpc) is 3.03. The van der Waals surface area contributed by atoms with Gasteiger partial charge in [0.15, 0.2) is 23.3 Å². The third-order valence-electron chi connectivity index (χ3n) is 15.9. The van der Waals surface area contributed by atoms with Gasteiger partial charge in [0.05, 0.1) is 23.7 Å². The molecular weight excluding hydrogens is 1010 g/mol. The van der Waals surface area contributed by atoms with Crippen molar-refractivity contribution in [1.29, 1.82) is 0 Å². The lowest BCUT2D eigenvalue weighted by molar-refractivity contribution is -0.339. The number of esters is 2. The number of fused-ring (bicyclic) bond motifs is 5. The van der Waals surface area contributed by atoms with E-state index in [2.05, 4.69) is 5.32 Å². The van der Waals surface area contributed by atoms with Crippen LogP contribution < -0.4 is 5.32 Å². The Bertz CT molecular complexity index is 2910. The standard InChI is InChI=1S/C60H67NO17/c1-35-43(74-52(66)49(76-55(69)72-33-38-23-15-10-16-24-38)47(40-27-19-12-20-28-40)61-53(67)78-56(3,4)5)31-60(70)41(29-42(63)39-25-17-11-18-26-39)50-58(8,44(64)30-45-59(50,34-73-45)77-36(2)62)51(65)48(46(35)57(60,6)7)75-54(68)71-32-37-21-13-9-14-22-37/h9-28,41,43-45,47-50,64,70H,29-34H2,1-8H3,(H,61,67)/t41?,43-,44-,45+,47-,48+,49+,50?,58+,59-,60+/m0/s1. The number of benzene rings is 4. The molecule has 2 saturated carbocycles. The zero-order valence-electron chi connectivity index (χ0n) is 44.9. The zero-order valence-corrected chi connectivity index (χ0v) is 44.9. The number of nitrogens with one attached hydrogen (secondary N) is 1. The van der Waals surface area contributed by atoms with E-state index in [4.69, 9.17) is 37.9 Å². The van der Waals surface area contributed by atoms with Crippen molar-refractivity contribution in [1.82, 2.24) is 5.32 Å². The van der Waals surface area contributed by atoms with E-state index < -0.39 is 131 Å². The molecule has 0 radical (unpaired) electrons. The molecule has 1 heterocycles. The molecule has 4 aromatic rings. The predicted molar refractivity (Wildman–Crippen MR) is 278 cm³/mol. The van der Waals surface area contributed by atoms with Crippen molar-refractivity contribution in [2.75, 3.05) is 6.61 Å². The second kappa shape index (κ2) is 22.5. The molecule has 0 spiro atoms. The minimum Gasteiger partial charge on any atom is -0.455 e. The monoisotopic (exact) mass is 1070 g/mol. The fourth-order valence-electron chi connectivity index (χ4n) is 12.1. The summed E-state index contributed by atoms with van der Waals surface area (Å²) in [5.41, 5.74) is -7.17. The van der Waals surface area contributed by atoms with Crippen LogP contribution in [0.5, 0.6) is 0 Å². The normalized spacial score (nSPS) is 27.7. The van der Waals surface area contributed by atoms with Gasteiger partial charge in [-0.1, -0.05) is 135 Å². The van der Waals surface area contributed by atoms with Crippen molar-refractivity contribution in [2.45, 2.75) is 141 Å². The van der Waals surface area contributed by atoms with Gasteiger partial charge in [0.25, 0.3) is 0 Å². The van der Waals surface area contributed by atoms with Gasteiger partial charge in [-0.3, -0.25) is 14.4 Å². The SMILES string of the molecule is CC(=O)O[C@@]12CO[C@@H]1C[C@H](O)[C@@]1(C)C(=O)[C@H](OC(=O)OCc3ccccc3)C3=C(C)[C@@H](OC(=O)[C@H](OC(=O)OCc4ccccc4)[C@@H](NC(=O)OC(C)(C)C)c4ccccc4)C[C@@](O)(C(CC(=O)c4ccccc4)C12)C3(C)C. The molecular formula is C60H67NO17. The Morgan fingerprint density at radius 1 is 0.782 bits per heavy atom. The molecule has 0 aromatic heterocycles. The Morgan fingerprint density at radius 2 is 1.33 bits per heavy atom. The lowest BCUT2D eigenvalue weighted by Gasteiger charge is -2.68. The summed E-state index contributed by atoms with van der Waals surface area (Å²) in [4.78, 5) is 101. The van der Waals surface area contributed by atoms with Crippen LogP contribution in [0.2, 0.25) is 0 Å². The van der Waals surface area contributed by atoms with Gasteiger partial charge in [0.1, 0.15) is 37.1 Å². The highest BCUT2D eigenvalue weighted by Gasteiger charge is 2.77. The smallest absolute Gasteiger partial charge is 0.455 e. The first kappa shape index (κ1) is 56.8. The van der Waals surface area contributed by atoms with E-state index in [1.165, 1.54) is 20.8 Å². The van der Waals surface area contributed by atoms with E-state index in [0.717, 1.165) is 0 Å². The third kappa shape index (κ3) is 11.3. The van der Waals surface area contributed by atoms with Crippen molar-refractivity contribution in [3.63, 3.8) is 0 Å². The highest BCUT2D eigenvalue weighted by atomic mass is 16.7. The highest BCUT2D eigenvalue weighted by Crippen LogP contribution is 2.66. The quantitative estimate of drug-likeness (QED) is 0.0436. The van der Waals surface area contributed by atoms with Crippen LogP contribution in [0.25, 0.3) is 0 Å². The van der Waals surface area contributed by atoms with Crippen LogP contribution in [-0.4, -0.2) is 106 Å². The van der Waals surface area contributed by atoms with Gasteiger partial charge in [-0.05, 0) is 62.5 Å². The van der Waals surface area contributed by atoms with Crippen molar-refractivity contribution < 1.29 is 81.7 Å². The van der Waals surface area contributed by atoms with Crippen molar-refractivity contribution >= 4 is 41.9 Å². The number of Topliss-reactive ketones (excluding diaryl/α,β-unsaturated/α-hetero) is 2. The lowest BCUT2D eigenvalue weighted by atomic mass is 9.42. The van der Waals surface area contributed by atoms with Gasteiger partial charge < -0.3 is 53.4 Å². The van der Waals surface area contributed by atoms with Crippen LogP contribution in [0.15, 0.2) is 132 Å². The number of ether oxygens (including phenoxy) is 8. The average molecular weight is 1070 g/mol. The topological polar surface area (TPSA) is 246 Å². The summed E-state index contributed by atoms with van der Waals surface area (Å²) < 4.78 is 47.5. The fourth-order valence-corrected chi connectivity index (χ4v) is 12.1. The summed E-state index contributed by atoms with van der Waals surface area (Å²) in [6.45, 7) is 11.4. The predicted octanol–water partition coefficient (Wildman–Crippen LogP) is 8.65. The molecule has 1 aliphatic heterocycles. The van der Waals surface area contributed by atoms with Gasteiger partial charge in [0.2, 0.25) is 6.10 Å². The Hall–Kier alpha value is -7.41. The van der Waals surface area contributed by atoms with Crippen molar-refractivity contribution in [3.8, 4) is 0 Å². The first-order valence-corrected chi connectivity index (χ1v) is 25.9. The molecule has 1 saturated heterocycles. The van der Waals surface area contributed by atoms with Gasteiger partial charge in [-0.25, -0.2) is 19.2 Å². The number of hydrogen-bond acceptors (Lipinski definition) is 17. The van der Waals surface area contributed by atoms with Gasteiger partial charge in [-0.2, -0.15) is 0 Å². The number of aliphatic hydroxyl groups excluding tert-OH is 1. The van der Waals surface area contributed by atoms with Crippen LogP contribution in [-0.2, 0) is 65.5 Å². The number of hydrogen-bond donors (Lipinski definition) is 3. The minimum absolute atomic E-state index is 0.0560. The number of aliphatic hydroxyl groups is 2. The molecule has 18 heteroatoms. The summed E-state index contributed by atoms with van der Waals surface area (Å²) in [5.74, 6) is -6.34. The number of carbonyl (C=O) groups is 7. The molecule has 78 heavy (non-hydrogen) atoms. The summed E-state index contributed by atoms with van der Waals surface area (Å²) >= 11 is 0. The molecule has 18 nitrogen and oxygen atoms in total. The van der Waals surface area contributed by atoms with Crippen molar-refractivity contribution in [2.24, 2.45) is 22.7 Å². The van der Waals surface area contributed by atoms with Gasteiger partial charge >= 0.3 is 30.3 Å². The van der Waals surface area contributed by atoms with Crippen LogP contribution in [0.3, 0.4) is 0 Å². The van der Waals surface area contributed by atoms with E-state index in [1.807, 2.05) is 0 Å². The maximum atomic E-state index is 16.2. The number of carbonyl (C=O) groups excluding carboxylic acids is 7. The van der Waals surface area contributed by atoms with Crippen LogP contribution in [0.1, 0.15) is 108 Å². The van der Waals surface area contributed by atoms with E-state index in [-0.39, 0.29) is 48.5 Å². The van der Waals surface area contributed by atoms with Crippen LogP contribution in [0, 0.1) is 22.7 Å². The van der Waals surface area contributed by atoms with Crippen LogP contribution >= 0.6 is 0 Å². The molecule has 4 aromatic carbocycles. The molecule has 2 unspecified atom stereocenters. The number of amides is 1. The molecule has 414 valence electrons. The Morgan fingerprint density at radius 3 is 1.87 bits per heavy atom. The largest absolute Gasteiger partial charge is 0.509 e. The second-order valence-electron chi connectivity index (χ2n) is 22.2. The molecule has 1 amide bonds. The summed E-state index contributed by atoms with van der Waals surface area (Å²) in [6, 6.07) is 32.1. The van der Waals surface area contributed by atoms with Gasteiger partial charge in [-0.15, -0.1) is 0 Å². The Labute approximate surface area is 452 Å². The second-order valence-corrected chi connectivity index (χ2v) is 22.2. The number of rotatable bonds is 15. The first-order chi connectivity index (χ1) is 36.9. The molecule has 4 aliphatic rings. The minimum atomic E-state index is -2.33. The molecule has 3 fully saturated rings. The van der Waals surface area contributed by atoms with Crippen molar-refractivity contribution in [3.05, 3.63) is 155 Å². The zero-order chi connectivity index (χ0) is 56.4. The maximum Gasteiger partial charge on any atom is 0.509 e. The fraction of sp³-hybridized carbons (Fsp3) is 0.450. The van der Waals surface area contributed by atoms with E-state index in [1.54, 1.807) is 156 Å². The Kier molecular flexibility index (Phi) is 16.4. The molecule has 11 atom stereocenters. The summed E-state index contributed by atoms with van der Waals surface area (Å²) in [5, 5.41) is 29.4. The molecule has 3 N–H and O–H groups in total. The van der Waals surface area contributed by atoms with Gasteiger partial charge in [0, 0.05) is 49.0 Å². The summed E-state index contributed by atoms with van der Waals surface area (Å²) in [7, 11) is 0. The molecule has 8 rings (SSSR count). The highest BCUT2D eigenvalue weighted by molar-refractivity contribution is 5.97. The molecule has 2 bridgehead atoms. The van der Waals surface area contributed by atoms with Crippen LogP contribution in [0.4, 0.5) is 14.4 Å². The Balaban J connectivity index is 1.30. The lowest BCUT2D eigenvalue weighted by Crippen LogP contribution is -2.80. The molecule has 3 aliphatic carbocycles. The first-order valence-electron chi connectivity index (χ1n) is 25.9. The number of alkyl carbamates (subject to hydrolysis) is 1.